The van der Waals surface area contributed by atoms with Crippen molar-refractivity contribution in [2.75, 3.05) is 0 Å². The van der Waals surface area contributed by atoms with Gasteiger partial charge in [0.1, 0.15) is 5.82 Å². The molecule has 1 aromatic heterocycles. The summed E-state index contributed by atoms with van der Waals surface area (Å²) in [5.74, 6) is -0.441. The van der Waals surface area contributed by atoms with Crippen LogP contribution in [-0.2, 0) is 0 Å². The molecule has 0 spiro atoms. The maximum absolute atomic E-state index is 13.1. The normalized spacial score (nSPS) is 10.3. The number of hydrogen-bond donors (Lipinski definition) is 0. The number of aryl methyl sites for hydroxylation is 2. The minimum Gasteiger partial charge on any atom is -0.289 e. The molecule has 0 aliphatic heterocycles. The zero-order valence-electron chi connectivity index (χ0n) is 9.70. The van der Waals surface area contributed by atoms with Crippen molar-refractivity contribution in [2.24, 2.45) is 0 Å². The number of aromatic nitrogens is 1. The van der Waals surface area contributed by atoms with Crippen molar-refractivity contribution >= 4 is 0 Å². The van der Waals surface area contributed by atoms with Gasteiger partial charge in [-0.25, -0.2) is 4.39 Å². The van der Waals surface area contributed by atoms with Crippen LogP contribution < -0.4 is 5.43 Å². The number of hydrogen-bond acceptors (Lipinski definition) is 2. The highest BCUT2D eigenvalue weighted by Gasteiger charge is 2.05. The molecule has 0 aliphatic carbocycles. The Balaban J connectivity index is 2.76. The van der Waals surface area contributed by atoms with Gasteiger partial charge in [-0.2, -0.15) is 0 Å². The van der Waals surface area contributed by atoms with E-state index in [1.54, 1.807) is 19.1 Å². The molecule has 2 rings (SSSR count). The Hall–Kier alpha value is -2.03. The van der Waals surface area contributed by atoms with Crippen molar-refractivity contribution in [3.8, 4) is 11.1 Å². The molecule has 0 unspecified atom stereocenters. The molecule has 17 heavy (non-hydrogen) atoms. The Kier molecular flexibility index (Phi) is 3.00. The molecule has 0 atom stereocenters. The molecule has 0 fully saturated rings. The Morgan fingerprint density at radius 2 is 1.88 bits per heavy atom. The van der Waals surface area contributed by atoms with Crippen LogP contribution in [0.25, 0.3) is 11.1 Å². The summed E-state index contributed by atoms with van der Waals surface area (Å²) >= 11 is 0. The minimum absolute atomic E-state index is 0.0921. The molecule has 0 N–H and O–H groups in total. The Labute approximate surface area is 98.8 Å². The lowest BCUT2D eigenvalue weighted by molar-refractivity contribution is 0.622. The summed E-state index contributed by atoms with van der Waals surface area (Å²) in [6, 6.07) is 6.72. The van der Waals surface area contributed by atoms with Crippen LogP contribution in [0.2, 0.25) is 0 Å². The van der Waals surface area contributed by atoms with Crippen LogP contribution in [-0.4, -0.2) is 4.98 Å². The van der Waals surface area contributed by atoms with E-state index in [1.807, 2.05) is 13.0 Å². The van der Waals surface area contributed by atoms with Gasteiger partial charge in [0.05, 0.1) is 6.20 Å². The summed E-state index contributed by atoms with van der Waals surface area (Å²) in [4.78, 5) is 15.9. The number of nitrogens with zero attached hydrogens (tertiary/aromatic N) is 1. The third kappa shape index (κ3) is 2.38. The van der Waals surface area contributed by atoms with E-state index in [0.29, 0.717) is 16.7 Å². The summed E-state index contributed by atoms with van der Waals surface area (Å²) < 4.78 is 13.1. The van der Waals surface area contributed by atoms with Gasteiger partial charge < -0.3 is 0 Å². The summed E-state index contributed by atoms with van der Waals surface area (Å²) in [6.07, 6.45) is 2.62. The van der Waals surface area contributed by atoms with Gasteiger partial charge in [0, 0.05) is 17.3 Å². The molecule has 0 saturated heterocycles. The number of rotatable bonds is 1. The van der Waals surface area contributed by atoms with E-state index in [-0.39, 0.29) is 5.43 Å². The first-order valence-corrected chi connectivity index (χ1v) is 5.30. The standard InChI is InChI=1S/C14H12FNO/c1-9-3-4-10(2)14(17)13(5-9)11-6-12(15)8-16-7-11/h3-8H,1-2H3. The first kappa shape index (κ1) is 11.5. The topological polar surface area (TPSA) is 30.0 Å². The molecule has 0 amide bonds. The van der Waals surface area contributed by atoms with Crippen molar-refractivity contribution < 1.29 is 4.39 Å². The van der Waals surface area contributed by atoms with Gasteiger partial charge in [-0.15, -0.1) is 0 Å². The van der Waals surface area contributed by atoms with Gasteiger partial charge in [0.25, 0.3) is 0 Å². The second-order valence-electron chi connectivity index (χ2n) is 4.04. The average Bonchev–Trinajstić information content (AvgIpc) is 2.43. The average molecular weight is 229 g/mol. The molecular formula is C14H12FNO. The van der Waals surface area contributed by atoms with Crippen molar-refractivity contribution in [3.63, 3.8) is 0 Å². The SMILES string of the molecule is Cc1ccc(C)c(=O)c(-c2cncc(F)c2)c1. The van der Waals surface area contributed by atoms with E-state index in [9.17, 15) is 9.18 Å². The Morgan fingerprint density at radius 3 is 2.59 bits per heavy atom. The van der Waals surface area contributed by atoms with E-state index in [2.05, 4.69) is 4.98 Å². The van der Waals surface area contributed by atoms with Gasteiger partial charge in [0.15, 0.2) is 5.43 Å². The lowest BCUT2D eigenvalue weighted by atomic mass is 10.1. The van der Waals surface area contributed by atoms with E-state index in [4.69, 9.17) is 0 Å². The highest BCUT2D eigenvalue weighted by atomic mass is 19.1. The predicted molar refractivity (Wildman–Crippen MR) is 65.4 cm³/mol. The molecule has 3 heteroatoms. The highest BCUT2D eigenvalue weighted by Crippen LogP contribution is 2.16. The first-order chi connectivity index (χ1) is 8.08. The van der Waals surface area contributed by atoms with Crippen molar-refractivity contribution in [2.45, 2.75) is 13.8 Å². The molecule has 0 aliphatic rings. The van der Waals surface area contributed by atoms with Crippen LogP contribution in [0.5, 0.6) is 0 Å². The van der Waals surface area contributed by atoms with E-state index < -0.39 is 5.82 Å². The summed E-state index contributed by atoms with van der Waals surface area (Å²) in [5.41, 5.74) is 2.49. The second-order valence-corrected chi connectivity index (χ2v) is 4.04. The van der Waals surface area contributed by atoms with E-state index in [0.717, 1.165) is 11.8 Å². The largest absolute Gasteiger partial charge is 0.289 e. The fraction of sp³-hybridized carbons (Fsp3) is 0.143. The minimum atomic E-state index is -0.441. The van der Waals surface area contributed by atoms with Crippen molar-refractivity contribution in [3.05, 3.63) is 63.8 Å². The second kappa shape index (κ2) is 4.45. The van der Waals surface area contributed by atoms with Crippen molar-refractivity contribution in [1.29, 1.82) is 0 Å². The molecule has 1 heterocycles. The fourth-order valence-electron chi connectivity index (χ4n) is 1.66. The third-order valence-electron chi connectivity index (χ3n) is 2.59. The summed E-state index contributed by atoms with van der Waals surface area (Å²) in [7, 11) is 0. The molecule has 2 aromatic rings. The molecule has 0 radical (unpaired) electrons. The maximum Gasteiger partial charge on any atom is 0.189 e. The van der Waals surface area contributed by atoms with Crippen LogP contribution in [0, 0.1) is 19.7 Å². The van der Waals surface area contributed by atoms with Gasteiger partial charge in [0.2, 0.25) is 0 Å². The molecule has 0 saturated carbocycles. The summed E-state index contributed by atoms with van der Waals surface area (Å²) in [5, 5.41) is 0. The zero-order valence-corrected chi connectivity index (χ0v) is 9.70. The lowest BCUT2D eigenvalue weighted by Crippen LogP contribution is -2.04. The molecule has 0 bridgehead atoms. The molecule has 1 aromatic carbocycles. The van der Waals surface area contributed by atoms with Crippen LogP contribution in [0.15, 0.2) is 41.5 Å². The van der Waals surface area contributed by atoms with Crippen LogP contribution in [0.1, 0.15) is 11.1 Å². The molecule has 2 nitrogen and oxygen atoms in total. The van der Waals surface area contributed by atoms with Gasteiger partial charge in [-0.3, -0.25) is 9.78 Å². The number of halogens is 1. The van der Waals surface area contributed by atoms with Gasteiger partial charge in [-0.05, 0) is 31.5 Å². The smallest absolute Gasteiger partial charge is 0.189 e. The summed E-state index contributed by atoms with van der Waals surface area (Å²) in [6.45, 7) is 3.65. The zero-order chi connectivity index (χ0) is 12.4. The van der Waals surface area contributed by atoms with Crippen molar-refractivity contribution in [1.82, 2.24) is 4.98 Å². The quantitative estimate of drug-likeness (QED) is 0.752. The van der Waals surface area contributed by atoms with E-state index >= 15 is 0 Å². The highest BCUT2D eigenvalue weighted by molar-refractivity contribution is 5.63. The van der Waals surface area contributed by atoms with Gasteiger partial charge >= 0.3 is 0 Å². The molecule has 86 valence electrons. The Bertz CT molecular complexity index is 623. The van der Waals surface area contributed by atoms with Crippen LogP contribution in [0.4, 0.5) is 4.39 Å². The lowest BCUT2D eigenvalue weighted by Gasteiger charge is -1.98. The van der Waals surface area contributed by atoms with E-state index in [1.165, 1.54) is 12.3 Å². The van der Waals surface area contributed by atoms with Crippen LogP contribution in [0.3, 0.4) is 0 Å². The maximum atomic E-state index is 13.1. The fourth-order valence-corrected chi connectivity index (χ4v) is 1.66. The van der Waals surface area contributed by atoms with Crippen LogP contribution >= 0.6 is 0 Å². The Morgan fingerprint density at radius 1 is 1.12 bits per heavy atom. The monoisotopic (exact) mass is 229 g/mol. The third-order valence-corrected chi connectivity index (χ3v) is 2.59. The predicted octanol–water partition coefficient (Wildman–Crippen LogP) is 2.86. The molecular weight excluding hydrogens is 217 g/mol. The number of pyridine rings is 1. The van der Waals surface area contributed by atoms with Gasteiger partial charge in [-0.1, -0.05) is 17.7 Å². The first-order valence-electron chi connectivity index (χ1n) is 5.30.